The molecule has 2 nitrogen and oxygen atoms in total. The minimum atomic E-state index is -0.926. The molecule has 1 atom stereocenters. The predicted octanol–water partition coefficient (Wildman–Crippen LogP) is 6.35. The Hall–Kier alpha value is -2.53. The number of rotatable bonds is 4. The third-order valence-electron chi connectivity index (χ3n) is 4.38. The summed E-state index contributed by atoms with van der Waals surface area (Å²) in [4.78, 5) is 4.80. The summed E-state index contributed by atoms with van der Waals surface area (Å²) in [5.41, 5.74) is 3.56. The summed E-state index contributed by atoms with van der Waals surface area (Å²) in [6, 6.07) is 17.6. The van der Waals surface area contributed by atoms with Gasteiger partial charge in [0.2, 0.25) is 0 Å². The maximum atomic E-state index is 14.5. The highest BCUT2D eigenvalue weighted by Gasteiger charge is 2.24. The van der Waals surface area contributed by atoms with Gasteiger partial charge in [0.15, 0.2) is 0 Å². The fraction of sp³-hybridized carbons (Fsp3) is 0.0455. The van der Waals surface area contributed by atoms with Crippen LogP contribution in [0.25, 0.3) is 21.6 Å². The van der Waals surface area contributed by atoms with Gasteiger partial charge in [-0.2, -0.15) is 0 Å². The van der Waals surface area contributed by atoms with Gasteiger partial charge in [-0.15, -0.1) is 11.3 Å². The number of hydrogen-bond acceptors (Lipinski definition) is 3. The minimum Gasteiger partial charge on any atom is -0.384 e. The van der Waals surface area contributed by atoms with Crippen molar-refractivity contribution in [1.82, 2.24) is 4.98 Å². The number of aromatic nitrogens is 1. The van der Waals surface area contributed by atoms with E-state index in [-0.39, 0.29) is 5.82 Å². The van der Waals surface area contributed by atoms with E-state index in [4.69, 9.17) is 11.6 Å². The number of nitrogens with zero attached hydrogens (tertiary/aromatic N) is 1. The van der Waals surface area contributed by atoms with Crippen LogP contribution in [0.2, 0.25) is 5.02 Å². The molecule has 0 amide bonds. The lowest BCUT2D eigenvalue weighted by molar-refractivity contribution is 0.221. The largest absolute Gasteiger partial charge is 0.384 e. The maximum absolute atomic E-state index is 14.5. The molecule has 5 heteroatoms. The highest BCUT2D eigenvalue weighted by atomic mass is 35.5. The second kappa shape index (κ2) is 7.61. The minimum absolute atomic E-state index is 0.318. The van der Waals surface area contributed by atoms with Crippen molar-refractivity contribution < 1.29 is 9.50 Å². The molecule has 0 radical (unpaired) electrons. The molecule has 0 saturated carbocycles. The topological polar surface area (TPSA) is 33.1 Å². The third kappa shape index (κ3) is 3.52. The lowest BCUT2D eigenvalue weighted by Crippen LogP contribution is -2.02. The smallest absolute Gasteiger partial charge is 0.131 e. The molecule has 0 bridgehead atoms. The number of benzene rings is 2. The Labute approximate surface area is 165 Å². The van der Waals surface area contributed by atoms with Gasteiger partial charge >= 0.3 is 0 Å². The van der Waals surface area contributed by atoms with Gasteiger partial charge in [-0.3, -0.25) is 4.98 Å². The first-order valence-electron chi connectivity index (χ1n) is 8.35. The van der Waals surface area contributed by atoms with Crippen LogP contribution in [0.1, 0.15) is 17.2 Å². The van der Waals surface area contributed by atoms with E-state index in [9.17, 15) is 9.50 Å². The summed E-state index contributed by atoms with van der Waals surface area (Å²) in [6.07, 6.45) is 2.35. The van der Waals surface area contributed by atoms with Gasteiger partial charge in [0.25, 0.3) is 0 Å². The van der Waals surface area contributed by atoms with Gasteiger partial charge in [0.1, 0.15) is 11.9 Å². The summed E-state index contributed by atoms with van der Waals surface area (Å²) < 4.78 is 14.5. The Morgan fingerprint density at radius 2 is 1.74 bits per heavy atom. The summed E-state index contributed by atoms with van der Waals surface area (Å²) in [5, 5.41) is 13.7. The monoisotopic (exact) mass is 395 g/mol. The number of pyridine rings is 1. The fourth-order valence-corrected chi connectivity index (χ4v) is 4.32. The molecule has 27 heavy (non-hydrogen) atoms. The van der Waals surface area contributed by atoms with Crippen LogP contribution in [0.3, 0.4) is 0 Å². The Bertz CT molecular complexity index is 1060. The van der Waals surface area contributed by atoms with E-state index < -0.39 is 6.10 Å². The molecule has 0 fully saturated rings. The number of hydrogen-bond donors (Lipinski definition) is 1. The Morgan fingerprint density at radius 3 is 2.44 bits per heavy atom. The molecule has 4 rings (SSSR count). The van der Waals surface area contributed by atoms with E-state index in [2.05, 4.69) is 4.98 Å². The van der Waals surface area contributed by atoms with E-state index in [1.807, 2.05) is 23.6 Å². The standard InChI is InChI=1S/C22H15ClFNOS/c23-16-9-7-14(8-10-16)18-13-27-22(17-5-1-2-6-19(17)24)20(18)21(26)15-4-3-11-25-12-15/h1-13,21,26H. The van der Waals surface area contributed by atoms with Gasteiger partial charge in [-0.1, -0.05) is 48.0 Å². The van der Waals surface area contributed by atoms with E-state index in [0.717, 1.165) is 11.1 Å². The van der Waals surface area contributed by atoms with Crippen molar-refractivity contribution in [3.63, 3.8) is 0 Å². The molecule has 134 valence electrons. The average molecular weight is 396 g/mol. The predicted molar refractivity (Wildman–Crippen MR) is 108 cm³/mol. The molecule has 0 aliphatic rings. The molecule has 4 aromatic rings. The first-order valence-corrected chi connectivity index (χ1v) is 9.61. The molecule has 0 saturated heterocycles. The third-order valence-corrected chi connectivity index (χ3v) is 5.66. The van der Waals surface area contributed by atoms with Crippen LogP contribution in [-0.4, -0.2) is 10.1 Å². The van der Waals surface area contributed by atoms with Crippen molar-refractivity contribution in [2.24, 2.45) is 0 Å². The number of aliphatic hydroxyl groups excluding tert-OH is 1. The normalized spacial score (nSPS) is 12.1. The van der Waals surface area contributed by atoms with Gasteiger partial charge in [0, 0.05) is 39.0 Å². The first-order chi connectivity index (χ1) is 13.1. The van der Waals surface area contributed by atoms with Crippen LogP contribution in [0.5, 0.6) is 0 Å². The lowest BCUT2D eigenvalue weighted by atomic mass is 9.93. The fourth-order valence-electron chi connectivity index (χ4n) is 3.05. The Morgan fingerprint density at radius 1 is 0.963 bits per heavy atom. The summed E-state index contributed by atoms with van der Waals surface area (Å²) in [7, 11) is 0. The molecular formula is C22H15ClFNOS. The molecule has 2 aromatic heterocycles. The molecular weight excluding hydrogens is 381 g/mol. The van der Waals surface area contributed by atoms with Crippen molar-refractivity contribution in [1.29, 1.82) is 0 Å². The van der Waals surface area contributed by atoms with E-state index in [0.29, 0.717) is 26.6 Å². The van der Waals surface area contributed by atoms with Crippen LogP contribution < -0.4 is 0 Å². The van der Waals surface area contributed by atoms with Gasteiger partial charge in [-0.25, -0.2) is 4.39 Å². The van der Waals surface area contributed by atoms with Crippen LogP contribution in [0, 0.1) is 5.82 Å². The van der Waals surface area contributed by atoms with E-state index in [1.54, 1.807) is 48.8 Å². The maximum Gasteiger partial charge on any atom is 0.131 e. The molecule has 0 spiro atoms. The van der Waals surface area contributed by atoms with Crippen LogP contribution >= 0.6 is 22.9 Å². The molecule has 0 aliphatic heterocycles. The Balaban J connectivity index is 1.93. The van der Waals surface area contributed by atoms with Crippen molar-refractivity contribution >= 4 is 22.9 Å². The molecule has 2 heterocycles. The molecule has 0 aliphatic carbocycles. The zero-order valence-electron chi connectivity index (χ0n) is 14.1. The summed E-state index contributed by atoms with van der Waals surface area (Å²) >= 11 is 7.43. The van der Waals surface area contributed by atoms with Crippen molar-refractivity contribution in [3.05, 3.63) is 100 Å². The highest BCUT2D eigenvalue weighted by molar-refractivity contribution is 7.14. The Kier molecular flexibility index (Phi) is 5.03. The first kappa shape index (κ1) is 17.9. The number of aliphatic hydroxyl groups is 1. The van der Waals surface area contributed by atoms with Crippen LogP contribution in [0.4, 0.5) is 4.39 Å². The zero-order chi connectivity index (χ0) is 18.8. The van der Waals surface area contributed by atoms with Crippen molar-refractivity contribution in [2.75, 3.05) is 0 Å². The zero-order valence-corrected chi connectivity index (χ0v) is 15.7. The highest BCUT2D eigenvalue weighted by Crippen LogP contribution is 2.44. The van der Waals surface area contributed by atoms with Gasteiger partial charge < -0.3 is 5.11 Å². The number of thiophene rings is 1. The SMILES string of the molecule is OC(c1cccnc1)c1c(-c2ccc(Cl)cc2)csc1-c1ccccc1F. The van der Waals surface area contributed by atoms with Crippen molar-refractivity contribution in [3.8, 4) is 21.6 Å². The average Bonchev–Trinajstić information content (AvgIpc) is 3.14. The van der Waals surface area contributed by atoms with Crippen molar-refractivity contribution in [2.45, 2.75) is 6.10 Å². The molecule has 2 aromatic carbocycles. The van der Waals surface area contributed by atoms with Gasteiger partial charge in [-0.05, 0) is 40.8 Å². The quantitative estimate of drug-likeness (QED) is 0.436. The van der Waals surface area contributed by atoms with E-state index >= 15 is 0 Å². The summed E-state index contributed by atoms with van der Waals surface area (Å²) in [5.74, 6) is -0.318. The van der Waals surface area contributed by atoms with Crippen LogP contribution in [-0.2, 0) is 0 Å². The molecule has 1 N–H and O–H groups in total. The second-order valence-corrected chi connectivity index (χ2v) is 7.38. The molecule has 1 unspecified atom stereocenters. The summed E-state index contributed by atoms with van der Waals surface area (Å²) in [6.45, 7) is 0. The van der Waals surface area contributed by atoms with Crippen LogP contribution in [0.15, 0.2) is 78.4 Å². The number of halogens is 2. The van der Waals surface area contributed by atoms with Gasteiger partial charge in [0.05, 0.1) is 0 Å². The second-order valence-electron chi connectivity index (χ2n) is 6.07. The lowest BCUT2D eigenvalue weighted by Gasteiger charge is -2.16. The van der Waals surface area contributed by atoms with E-state index in [1.165, 1.54) is 17.4 Å².